The fourth-order valence-electron chi connectivity index (χ4n) is 2.69. The maximum atomic E-state index is 9.85. The van der Waals surface area contributed by atoms with E-state index in [0.717, 1.165) is 32.3 Å². The zero-order chi connectivity index (χ0) is 15.7. The quantitative estimate of drug-likeness (QED) is 0.726. The first-order valence-corrected chi connectivity index (χ1v) is 7.83. The molecule has 1 heterocycles. The first-order chi connectivity index (χ1) is 10.6. The van der Waals surface area contributed by atoms with Crippen LogP contribution in [0.2, 0.25) is 0 Å². The lowest BCUT2D eigenvalue weighted by Gasteiger charge is -2.08. The van der Waals surface area contributed by atoms with Crippen LogP contribution in [0.5, 0.6) is 0 Å². The average Bonchev–Trinajstić information content (AvgIpc) is 2.90. The zero-order valence-corrected chi connectivity index (χ0v) is 14.0. The van der Waals surface area contributed by atoms with E-state index in [4.69, 9.17) is 4.52 Å². The van der Waals surface area contributed by atoms with Crippen LogP contribution in [0.15, 0.2) is 51.5 Å². The Morgan fingerprint density at radius 1 is 1.09 bits per heavy atom. The Hall–Kier alpha value is -1.91. The Balaban J connectivity index is 2.20. The number of hydrogen-bond acceptors (Lipinski definition) is 3. The van der Waals surface area contributed by atoms with Crippen molar-refractivity contribution >= 4 is 15.9 Å². The van der Waals surface area contributed by atoms with Crippen LogP contribution in [0.25, 0.3) is 22.6 Å². The molecule has 3 aromatic rings. The number of benzene rings is 2. The smallest absolute Gasteiger partial charge is 0.173 e. The predicted octanol–water partition coefficient (Wildman–Crippen LogP) is 4.88. The van der Waals surface area contributed by atoms with Gasteiger partial charge in [0.2, 0.25) is 0 Å². The van der Waals surface area contributed by atoms with Gasteiger partial charge in [-0.15, -0.1) is 0 Å². The summed E-state index contributed by atoms with van der Waals surface area (Å²) in [5, 5.41) is 14.1. The third kappa shape index (κ3) is 2.60. The van der Waals surface area contributed by atoms with Gasteiger partial charge in [0.05, 0.1) is 12.2 Å². The molecule has 0 spiro atoms. The highest BCUT2D eigenvalue weighted by molar-refractivity contribution is 9.10. The van der Waals surface area contributed by atoms with E-state index >= 15 is 0 Å². The summed E-state index contributed by atoms with van der Waals surface area (Å²) in [5.41, 5.74) is 5.52. The second-order valence-corrected chi connectivity index (χ2v) is 6.19. The van der Waals surface area contributed by atoms with E-state index in [-0.39, 0.29) is 6.61 Å². The fraction of sp³-hybridized carbons (Fsp3) is 0.167. The van der Waals surface area contributed by atoms with E-state index in [0.29, 0.717) is 11.5 Å². The van der Waals surface area contributed by atoms with E-state index in [1.807, 2.05) is 56.3 Å². The summed E-state index contributed by atoms with van der Waals surface area (Å²) in [6.07, 6.45) is 0. The van der Waals surface area contributed by atoms with Crippen molar-refractivity contribution < 1.29 is 9.63 Å². The van der Waals surface area contributed by atoms with Gasteiger partial charge in [-0.1, -0.05) is 51.4 Å². The van der Waals surface area contributed by atoms with Crippen molar-refractivity contribution in [2.24, 2.45) is 0 Å². The van der Waals surface area contributed by atoms with Crippen LogP contribution in [0, 0.1) is 13.8 Å². The summed E-state index contributed by atoms with van der Waals surface area (Å²) >= 11 is 3.46. The highest BCUT2D eigenvalue weighted by Gasteiger charge is 2.20. The zero-order valence-electron chi connectivity index (χ0n) is 12.4. The van der Waals surface area contributed by atoms with Crippen molar-refractivity contribution in [1.82, 2.24) is 5.16 Å². The van der Waals surface area contributed by atoms with Crippen LogP contribution in [-0.2, 0) is 6.61 Å². The van der Waals surface area contributed by atoms with Crippen LogP contribution < -0.4 is 0 Å². The maximum Gasteiger partial charge on any atom is 0.173 e. The lowest BCUT2D eigenvalue weighted by molar-refractivity contribution is 0.281. The number of aromatic nitrogens is 1. The molecule has 4 heteroatoms. The highest BCUT2D eigenvalue weighted by Crippen LogP contribution is 2.36. The summed E-state index contributed by atoms with van der Waals surface area (Å²) in [6.45, 7) is 3.95. The van der Waals surface area contributed by atoms with Gasteiger partial charge in [-0.3, -0.25) is 0 Å². The van der Waals surface area contributed by atoms with Crippen LogP contribution in [0.1, 0.15) is 16.7 Å². The largest absolute Gasteiger partial charge is 0.391 e. The highest BCUT2D eigenvalue weighted by atomic mass is 79.9. The molecular formula is C18H16BrNO2. The number of nitrogens with zero attached hydrogens (tertiary/aromatic N) is 1. The molecule has 0 saturated heterocycles. The summed E-state index contributed by atoms with van der Waals surface area (Å²) < 4.78 is 6.57. The van der Waals surface area contributed by atoms with Gasteiger partial charge in [0, 0.05) is 15.6 Å². The molecule has 0 fully saturated rings. The van der Waals surface area contributed by atoms with Crippen LogP contribution in [-0.4, -0.2) is 10.3 Å². The minimum Gasteiger partial charge on any atom is -0.391 e. The van der Waals surface area contributed by atoms with Crippen molar-refractivity contribution in [2.75, 3.05) is 0 Å². The van der Waals surface area contributed by atoms with E-state index in [2.05, 4.69) is 21.1 Å². The number of aliphatic hydroxyl groups excluding tert-OH is 1. The van der Waals surface area contributed by atoms with E-state index in [1.54, 1.807) is 0 Å². The van der Waals surface area contributed by atoms with Crippen LogP contribution >= 0.6 is 15.9 Å². The van der Waals surface area contributed by atoms with Gasteiger partial charge in [0.1, 0.15) is 5.69 Å². The normalized spacial score (nSPS) is 10.9. The second kappa shape index (κ2) is 6.07. The Morgan fingerprint density at radius 3 is 2.41 bits per heavy atom. The monoisotopic (exact) mass is 357 g/mol. The molecule has 1 aromatic heterocycles. The molecule has 22 heavy (non-hydrogen) atoms. The molecule has 0 saturated carbocycles. The summed E-state index contributed by atoms with van der Waals surface area (Å²) in [4.78, 5) is 0. The SMILES string of the molecule is Cc1cccc(C)c1-c1onc(-c2cccc(Br)c2)c1CO. The Bertz CT molecular complexity index is 803. The molecule has 3 rings (SSSR count). The molecule has 112 valence electrons. The molecular weight excluding hydrogens is 342 g/mol. The van der Waals surface area contributed by atoms with Gasteiger partial charge in [-0.05, 0) is 37.1 Å². The summed E-state index contributed by atoms with van der Waals surface area (Å²) in [7, 11) is 0. The first kappa shape index (κ1) is 15.0. The van der Waals surface area contributed by atoms with Gasteiger partial charge >= 0.3 is 0 Å². The lowest BCUT2D eigenvalue weighted by Crippen LogP contribution is -1.92. The van der Waals surface area contributed by atoms with Crippen molar-refractivity contribution in [1.29, 1.82) is 0 Å². The van der Waals surface area contributed by atoms with Crippen molar-refractivity contribution in [3.63, 3.8) is 0 Å². The number of halogens is 1. The van der Waals surface area contributed by atoms with Crippen LogP contribution in [0.3, 0.4) is 0 Å². The molecule has 0 bridgehead atoms. The van der Waals surface area contributed by atoms with E-state index in [9.17, 15) is 5.11 Å². The standard InChI is InChI=1S/C18H16BrNO2/c1-11-5-3-6-12(2)16(11)18-15(10-21)17(20-22-18)13-7-4-8-14(19)9-13/h3-9,21H,10H2,1-2H3. The van der Waals surface area contributed by atoms with Gasteiger partial charge < -0.3 is 9.63 Å². The fourth-order valence-corrected chi connectivity index (χ4v) is 3.09. The molecule has 0 unspecified atom stereocenters. The molecule has 0 aliphatic rings. The van der Waals surface area contributed by atoms with E-state index in [1.165, 1.54) is 0 Å². The van der Waals surface area contributed by atoms with Crippen molar-refractivity contribution in [2.45, 2.75) is 20.5 Å². The third-order valence-corrected chi connectivity index (χ3v) is 4.25. The minimum absolute atomic E-state index is 0.117. The van der Waals surface area contributed by atoms with Crippen molar-refractivity contribution in [3.05, 3.63) is 63.6 Å². The topological polar surface area (TPSA) is 46.3 Å². The third-order valence-electron chi connectivity index (χ3n) is 3.75. The van der Waals surface area contributed by atoms with Crippen molar-refractivity contribution in [3.8, 4) is 22.6 Å². The Labute approximate surface area is 137 Å². The average molecular weight is 358 g/mol. The van der Waals surface area contributed by atoms with Gasteiger partial charge in [0.15, 0.2) is 5.76 Å². The van der Waals surface area contributed by atoms with Gasteiger partial charge in [-0.2, -0.15) is 0 Å². The summed E-state index contributed by atoms with van der Waals surface area (Å²) in [5.74, 6) is 0.646. The number of aryl methyl sites for hydroxylation is 2. The number of hydrogen-bond donors (Lipinski definition) is 1. The molecule has 3 nitrogen and oxygen atoms in total. The molecule has 0 atom stereocenters. The molecule has 1 N–H and O–H groups in total. The molecule has 2 aromatic carbocycles. The maximum absolute atomic E-state index is 9.85. The second-order valence-electron chi connectivity index (χ2n) is 5.27. The Morgan fingerprint density at radius 2 is 1.77 bits per heavy atom. The van der Waals surface area contributed by atoms with Crippen LogP contribution in [0.4, 0.5) is 0 Å². The van der Waals surface area contributed by atoms with Gasteiger partial charge in [0.25, 0.3) is 0 Å². The Kier molecular flexibility index (Phi) is 4.14. The molecule has 0 radical (unpaired) electrons. The van der Waals surface area contributed by atoms with E-state index < -0.39 is 0 Å². The number of rotatable bonds is 3. The molecule has 0 aliphatic carbocycles. The molecule has 0 aliphatic heterocycles. The summed E-state index contributed by atoms with van der Waals surface area (Å²) in [6, 6.07) is 13.9. The first-order valence-electron chi connectivity index (χ1n) is 7.03. The lowest BCUT2D eigenvalue weighted by atomic mass is 9.96. The molecule has 0 amide bonds. The minimum atomic E-state index is -0.117. The predicted molar refractivity (Wildman–Crippen MR) is 90.5 cm³/mol. The number of aliphatic hydroxyl groups is 1. The van der Waals surface area contributed by atoms with Gasteiger partial charge in [-0.25, -0.2) is 0 Å².